The Labute approximate surface area is 114 Å². The van der Waals surface area contributed by atoms with E-state index in [0.717, 1.165) is 42.8 Å². The smallest absolute Gasteiger partial charge is 0.246 e. The molecule has 1 saturated heterocycles. The second-order valence-electron chi connectivity index (χ2n) is 4.96. The largest absolute Gasteiger partial charge is 0.496 e. The predicted molar refractivity (Wildman–Crippen MR) is 77.2 cm³/mol. The Hall–Kier alpha value is -1.77. The molecule has 0 saturated carbocycles. The SMILES string of the molecule is COc1ccc(C)cc1C=CC(=O)N1CCCCC1. The molecule has 0 radical (unpaired) electrons. The lowest BCUT2D eigenvalue weighted by Crippen LogP contribution is -2.34. The average Bonchev–Trinajstić information content (AvgIpc) is 2.46. The van der Waals surface area contributed by atoms with Crippen LogP contribution >= 0.6 is 0 Å². The van der Waals surface area contributed by atoms with Crippen LogP contribution in [-0.2, 0) is 4.79 Å². The van der Waals surface area contributed by atoms with Crippen LogP contribution in [0.15, 0.2) is 24.3 Å². The predicted octanol–water partition coefficient (Wildman–Crippen LogP) is 3.03. The molecule has 3 heteroatoms. The number of benzene rings is 1. The zero-order valence-corrected chi connectivity index (χ0v) is 11.7. The van der Waals surface area contributed by atoms with Gasteiger partial charge in [-0.1, -0.05) is 11.6 Å². The van der Waals surface area contributed by atoms with E-state index in [1.54, 1.807) is 13.2 Å². The molecule has 3 nitrogen and oxygen atoms in total. The Kier molecular flexibility index (Phi) is 4.61. The summed E-state index contributed by atoms with van der Waals surface area (Å²) in [6.07, 6.45) is 6.98. The molecule has 1 aromatic carbocycles. The lowest BCUT2D eigenvalue weighted by atomic mass is 10.1. The van der Waals surface area contributed by atoms with Gasteiger partial charge in [-0.3, -0.25) is 4.79 Å². The molecule has 0 unspecified atom stereocenters. The van der Waals surface area contributed by atoms with Crippen LogP contribution in [0, 0.1) is 6.92 Å². The van der Waals surface area contributed by atoms with Gasteiger partial charge in [-0.05, 0) is 44.4 Å². The molecule has 1 aliphatic rings. The third kappa shape index (κ3) is 3.60. The average molecular weight is 259 g/mol. The summed E-state index contributed by atoms with van der Waals surface area (Å²) in [5.41, 5.74) is 2.11. The van der Waals surface area contributed by atoms with E-state index in [0.29, 0.717) is 0 Å². The maximum absolute atomic E-state index is 12.1. The molecular weight excluding hydrogens is 238 g/mol. The normalized spacial score (nSPS) is 15.8. The lowest BCUT2D eigenvalue weighted by Gasteiger charge is -2.25. The number of hydrogen-bond acceptors (Lipinski definition) is 2. The number of carbonyl (C=O) groups is 1. The molecule has 1 amide bonds. The summed E-state index contributed by atoms with van der Waals surface area (Å²) >= 11 is 0. The second kappa shape index (κ2) is 6.41. The van der Waals surface area contributed by atoms with E-state index in [4.69, 9.17) is 4.74 Å². The topological polar surface area (TPSA) is 29.5 Å². The van der Waals surface area contributed by atoms with Gasteiger partial charge in [0.25, 0.3) is 0 Å². The van der Waals surface area contributed by atoms with Crippen LogP contribution in [0.25, 0.3) is 6.08 Å². The molecule has 102 valence electrons. The van der Waals surface area contributed by atoms with E-state index in [-0.39, 0.29) is 5.91 Å². The number of piperidine rings is 1. The van der Waals surface area contributed by atoms with Gasteiger partial charge in [-0.25, -0.2) is 0 Å². The second-order valence-corrected chi connectivity index (χ2v) is 4.96. The number of ether oxygens (including phenoxy) is 1. The van der Waals surface area contributed by atoms with Crippen molar-refractivity contribution in [1.29, 1.82) is 0 Å². The molecular formula is C16H21NO2. The van der Waals surface area contributed by atoms with E-state index in [9.17, 15) is 4.79 Å². The fourth-order valence-corrected chi connectivity index (χ4v) is 2.36. The number of aryl methyl sites for hydroxylation is 1. The van der Waals surface area contributed by atoms with E-state index >= 15 is 0 Å². The highest BCUT2D eigenvalue weighted by Crippen LogP contribution is 2.21. The van der Waals surface area contributed by atoms with Crippen LogP contribution < -0.4 is 4.74 Å². The van der Waals surface area contributed by atoms with Crippen molar-refractivity contribution in [2.75, 3.05) is 20.2 Å². The fourth-order valence-electron chi connectivity index (χ4n) is 2.36. The van der Waals surface area contributed by atoms with Crippen molar-refractivity contribution in [1.82, 2.24) is 4.90 Å². The molecule has 1 heterocycles. The number of rotatable bonds is 3. The Morgan fingerprint density at radius 2 is 2.00 bits per heavy atom. The van der Waals surface area contributed by atoms with Gasteiger partial charge in [0.15, 0.2) is 0 Å². The van der Waals surface area contributed by atoms with Gasteiger partial charge in [0.2, 0.25) is 5.91 Å². The first-order valence-corrected chi connectivity index (χ1v) is 6.82. The van der Waals surface area contributed by atoms with Gasteiger partial charge in [-0.2, -0.15) is 0 Å². The highest BCUT2D eigenvalue weighted by atomic mass is 16.5. The number of hydrogen-bond donors (Lipinski definition) is 0. The first kappa shape index (κ1) is 13.7. The molecule has 2 rings (SSSR count). The minimum atomic E-state index is 0.100. The summed E-state index contributed by atoms with van der Waals surface area (Å²) in [5, 5.41) is 0. The lowest BCUT2D eigenvalue weighted by molar-refractivity contribution is -0.126. The molecule has 0 bridgehead atoms. The first-order valence-electron chi connectivity index (χ1n) is 6.82. The summed E-state index contributed by atoms with van der Waals surface area (Å²) in [5.74, 6) is 0.900. The summed E-state index contributed by atoms with van der Waals surface area (Å²) < 4.78 is 5.30. The van der Waals surface area contributed by atoms with Crippen LogP contribution in [0.5, 0.6) is 5.75 Å². The van der Waals surface area contributed by atoms with Crippen LogP contribution in [0.3, 0.4) is 0 Å². The van der Waals surface area contributed by atoms with Crippen molar-refractivity contribution >= 4 is 12.0 Å². The molecule has 1 aliphatic heterocycles. The van der Waals surface area contributed by atoms with Gasteiger partial charge < -0.3 is 9.64 Å². The quantitative estimate of drug-likeness (QED) is 0.781. The van der Waals surface area contributed by atoms with Crippen molar-refractivity contribution in [2.45, 2.75) is 26.2 Å². The summed E-state index contributed by atoms with van der Waals surface area (Å²) in [7, 11) is 1.65. The molecule has 0 aliphatic carbocycles. The van der Waals surface area contributed by atoms with E-state index in [2.05, 4.69) is 0 Å². The van der Waals surface area contributed by atoms with E-state index < -0.39 is 0 Å². The minimum absolute atomic E-state index is 0.100. The zero-order valence-electron chi connectivity index (χ0n) is 11.7. The fraction of sp³-hybridized carbons (Fsp3) is 0.438. The number of nitrogens with zero attached hydrogens (tertiary/aromatic N) is 1. The van der Waals surface area contributed by atoms with Crippen LogP contribution in [0.2, 0.25) is 0 Å². The Morgan fingerprint density at radius 1 is 1.26 bits per heavy atom. The van der Waals surface area contributed by atoms with Crippen molar-refractivity contribution in [3.63, 3.8) is 0 Å². The third-order valence-electron chi connectivity index (χ3n) is 3.46. The van der Waals surface area contributed by atoms with E-state index in [1.807, 2.05) is 36.1 Å². The summed E-state index contributed by atoms with van der Waals surface area (Å²) in [6, 6.07) is 5.96. The van der Waals surface area contributed by atoms with Crippen molar-refractivity contribution in [3.8, 4) is 5.75 Å². The standard InChI is InChI=1S/C16H21NO2/c1-13-6-8-15(19-2)14(12-13)7-9-16(18)17-10-4-3-5-11-17/h6-9,12H,3-5,10-11H2,1-2H3. The van der Waals surface area contributed by atoms with Crippen LogP contribution in [-0.4, -0.2) is 31.0 Å². The third-order valence-corrected chi connectivity index (χ3v) is 3.46. The Bertz CT molecular complexity index is 474. The van der Waals surface area contributed by atoms with E-state index in [1.165, 1.54) is 6.42 Å². The zero-order chi connectivity index (χ0) is 13.7. The monoisotopic (exact) mass is 259 g/mol. The van der Waals surface area contributed by atoms with Gasteiger partial charge in [0.05, 0.1) is 7.11 Å². The highest BCUT2D eigenvalue weighted by Gasteiger charge is 2.13. The molecule has 1 fully saturated rings. The number of methoxy groups -OCH3 is 1. The van der Waals surface area contributed by atoms with Gasteiger partial charge >= 0.3 is 0 Å². The van der Waals surface area contributed by atoms with Crippen LogP contribution in [0.1, 0.15) is 30.4 Å². The minimum Gasteiger partial charge on any atom is -0.496 e. The van der Waals surface area contributed by atoms with Gasteiger partial charge in [0, 0.05) is 24.7 Å². The summed E-state index contributed by atoms with van der Waals surface area (Å²) in [4.78, 5) is 14.0. The molecule has 0 atom stereocenters. The summed E-state index contributed by atoms with van der Waals surface area (Å²) in [6.45, 7) is 3.80. The first-order chi connectivity index (χ1) is 9.20. The highest BCUT2D eigenvalue weighted by molar-refractivity contribution is 5.92. The number of likely N-dealkylation sites (tertiary alicyclic amines) is 1. The maximum Gasteiger partial charge on any atom is 0.246 e. The van der Waals surface area contributed by atoms with Crippen molar-refractivity contribution in [3.05, 3.63) is 35.4 Å². The Balaban J connectivity index is 2.08. The van der Waals surface area contributed by atoms with Crippen molar-refractivity contribution < 1.29 is 9.53 Å². The molecule has 0 spiro atoms. The number of carbonyl (C=O) groups excluding carboxylic acids is 1. The number of amides is 1. The van der Waals surface area contributed by atoms with Crippen LogP contribution in [0.4, 0.5) is 0 Å². The van der Waals surface area contributed by atoms with Gasteiger partial charge in [0.1, 0.15) is 5.75 Å². The molecule has 0 N–H and O–H groups in total. The maximum atomic E-state index is 12.1. The van der Waals surface area contributed by atoms with Gasteiger partial charge in [-0.15, -0.1) is 0 Å². The molecule has 1 aromatic rings. The molecule has 19 heavy (non-hydrogen) atoms. The Morgan fingerprint density at radius 3 is 2.68 bits per heavy atom. The van der Waals surface area contributed by atoms with Crippen molar-refractivity contribution in [2.24, 2.45) is 0 Å². The molecule has 0 aromatic heterocycles.